The molecule has 0 atom stereocenters. The maximum Gasteiger partial charge on any atom is 0.278 e. The van der Waals surface area contributed by atoms with Crippen molar-refractivity contribution >= 4 is 34.7 Å². The third kappa shape index (κ3) is 4.09. The molecule has 1 aliphatic heterocycles. The first-order valence-electron chi connectivity index (χ1n) is 10.1. The molecule has 0 radical (unpaired) electrons. The zero-order chi connectivity index (χ0) is 22.8. The Hall–Kier alpha value is -3.64. The summed E-state index contributed by atoms with van der Waals surface area (Å²) >= 11 is 6.26. The van der Waals surface area contributed by atoms with Crippen LogP contribution in [-0.4, -0.2) is 28.8 Å². The molecule has 2 heterocycles. The first-order valence-corrected chi connectivity index (χ1v) is 10.5. The van der Waals surface area contributed by atoms with Crippen molar-refractivity contribution in [3.63, 3.8) is 0 Å². The van der Waals surface area contributed by atoms with Gasteiger partial charge in [0.25, 0.3) is 11.8 Å². The Bertz CT molecular complexity index is 1240. The number of aromatic nitrogens is 1. The number of anilines is 1. The highest BCUT2D eigenvalue weighted by Crippen LogP contribution is 2.34. The lowest BCUT2D eigenvalue weighted by molar-refractivity contribution is -0.137. The van der Waals surface area contributed by atoms with Gasteiger partial charge in [0.15, 0.2) is 0 Å². The number of pyridine rings is 1. The van der Waals surface area contributed by atoms with E-state index in [1.54, 1.807) is 36.5 Å². The molecule has 0 aliphatic carbocycles. The molecule has 1 aromatic heterocycles. The lowest BCUT2D eigenvalue weighted by Crippen LogP contribution is -2.32. The van der Waals surface area contributed by atoms with Crippen LogP contribution in [0.1, 0.15) is 22.4 Å². The van der Waals surface area contributed by atoms with Gasteiger partial charge in [-0.1, -0.05) is 41.4 Å². The Morgan fingerprint density at radius 2 is 1.84 bits per heavy atom. The van der Waals surface area contributed by atoms with Gasteiger partial charge in [0, 0.05) is 11.9 Å². The van der Waals surface area contributed by atoms with Crippen LogP contribution in [0.3, 0.4) is 0 Å². The molecule has 0 saturated heterocycles. The van der Waals surface area contributed by atoms with E-state index in [0.717, 1.165) is 11.1 Å². The zero-order valence-corrected chi connectivity index (χ0v) is 18.7. The summed E-state index contributed by atoms with van der Waals surface area (Å²) in [5, 5.41) is 3.52. The van der Waals surface area contributed by atoms with E-state index in [1.165, 1.54) is 12.0 Å². The molecule has 0 unspecified atom stereocenters. The Morgan fingerprint density at radius 3 is 2.50 bits per heavy atom. The number of ether oxygens (including phenoxy) is 1. The lowest BCUT2D eigenvalue weighted by atomic mass is 9.97. The van der Waals surface area contributed by atoms with Crippen molar-refractivity contribution in [2.45, 2.75) is 20.4 Å². The molecule has 0 saturated carbocycles. The van der Waals surface area contributed by atoms with Crippen molar-refractivity contribution in [1.82, 2.24) is 9.88 Å². The van der Waals surface area contributed by atoms with Crippen LogP contribution in [0.15, 0.2) is 66.5 Å². The van der Waals surface area contributed by atoms with E-state index < -0.39 is 5.91 Å². The number of hydrogen-bond acceptors (Lipinski definition) is 5. The smallest absolute Gasteiger partial charge is 0.278 e. The second-order valence-corrected chi connectivity index (χ2v) is 7.97. The van der Waals surface area contributed by atoms with E-state index in [0.29, 0.717) is 33.3 Å². The molecule has 7 heteroatoms. The summed E-state index contributed by atoms with van der Waals surface area (Å²) in [6.07, 6.45) is 1.64. The molecule has 6 nitrogen and oxygen atoms in total. The van der Waals surface area contributed by atoms with Crippen LogP contribution in [0, 0.1) is 13.8 Å². The van der Waals surface area contributed by atoms with Crippen molar-refractivity contribution in [3.8, 4) is 5.75 Å². The maximum atomic E-state index is 13.5. The number of carbonyl (C=O) groups is 2. The van der Waals surface area contributed by atoms with E-state index in [9.17, 15) is 9.59 Å². The molecule has 3 aromatic rings. The highest BCUT2D eigenvalue weighted by molar-refractivity contribution is 6.37. The Kier molecular flexibility index (Phi) is 5.97. The molecule has 32 heavy (non-hydrogen) atoms. The van der Waals surface area contributed by atoms with Gasteiger partial charge in [0.05, 0.1) is 29.9 Å². The first-order chi connectivity index (χ1) is 15.4. The Morgan fingerprint density at radius 1 is 1.03 bits per heavy atom. The first kappa shape index (κ1) is 21.6. The molecule has 0 bridgehead atoms. The lowest BCUT2D eigenvalue weighted by Gasteiger charge is -2.15. The van der Waals surface area contributed by atoms with Gasteiger partial charge in [0.2, 0.25) is 0 Å². The molecule has 2 aromatic carbocycles. The summed E-state index contributed by atoms with van der Waals surface area (Å²) in [7, 11) is 1.53. The predicted molar refractivity (Wildman–Crippen MR) is 124 cm³/mol. The standard InChI is InChI=1S/C25H22ClN3O3/c1-15-7-9-19(16(2)12-15)22-23(28-17-8-10-21(32-3)20(26)13-17)25(31)29(24(22)30)14-18-6-4-5-11-27-18/h4-13,28H,14H2,1-3H3. The number of carbonyl (C=O) groups excluding carboxylic acids is 2. The number of methoxy groups -OCH3 is 1. The topological polar surface area (TPSA) is 71.5 Å². The van der Waals surface area contributed by atoms with E-state index in [-0.39, 0.29) is 18.1 Å². The number of amides is 2. The van der Waals surface area contributed by atoms with Crippen LogP contribution in [0.4, 0.5) is 5.69 Å². The van der Waals surface area contributed by atoms with Gasteiger partial charge in [-0.3, -0.25) is 19.5 Å². The molecule has 1 aliphatic rings. The van der Waals surface area contributed by atoms with Crippen molar-refractivity contribution < 1.29 is 14.3 Å². The number of aryl methyl sites for hydroxylation is 2. The SMILES string of the molecule is COc1ccc(NC2=C(c3ccc(C)cc3C)C(=O)N(Cc3ccccn3)C2=O)cc1Cl. The summed E-state index contributed by atoms with van der Waals surface area (Å²) in [4.78, 5) is 32.3. The summed E-state index contributed by atoms with van der Waals surface area (Å²) < 4.78 is 5.20. The molecule has 2 amide bonds. The largest absolute Gasteiger partial charge is 0.495 e. The van der Waals surface area contributed by atoms with Crippen LogP contribution in [0.25, 0.3) is 5.57 Å². The van der Waals surface area contributed by atoms with Crippen molar-refractivity contribution in [2.24, 2.45) is 0 Å². The molecule has 4 rings (SSSR count). The second kappa shape index (κ2) is 8.85. The fourth-order valence-corrected chi connectivity index (χ4v) is 3.98. The van der Waals surface area contributed by atoms with Crippen LogP contribution >= 0.6 is 11.6 Å². The monoisotopic (exact) mass is 447 g/mol. The normalized spacial score (nSPS) is 13.7. The van der Waals surface area contributed by atoms with Crippen molar-refractivity contribution in [1.29, 1.82) is 0 Å². The Labute approximate surface area is 191 Å². The number of nitrogens with zero attached hydrogens (tertiary/aromatic N) is 2. The number of rotatable bonds is 6. The van der Waals surface area contributed by atoms with Crippen LogP contribution in [-0.2, 0) is 16.1 Å². The minimum atomic E-state index is -0.414. The fraction of sp³-hybridized carbons (Fsp3) is 0.160. The number of imide groups is 1. The summed E-state index contributed by atoms with van der Waals surface area (Å²) in [5.74, 6) is -0.260. The van der Waals surface area contributed by atoms with Crippen LogP contribution < -0.4 is 10.1 Å². The van der Waals surface area contributed by atoms with E-state index in [2.05, 4.69) is 10.3 Å². The highest BCUT2D eigenvalue weighted by atomic mass is 35.5. The van der Waals surface area contributed by atoms with Gasteiger partial charge in [-0.25, -0.2) is 0 Å². The van der Waals surface area contributed by atoms with Crippen molar-refractivity contribution in [3.05, 3.63) is 93.9 Å². The van der Waals surface area contributed by atoms with Gasteiger partial charge >= 0.3 is 0 Å². The number of hydrogen-bond donors (Lipinski definition) is 1. The molecular weight excluding hydrogens is 426 g/mol. The maximum absolute atomic E-state index is 13.5. The van der Waals surface area contributed by atoms with Gasteiger partial charge in [0.1, 0.15) is 11.4 Å². The van der Waals surface area contributed by atoms with Gasteiger partial charge in [-0.2, -0.15) is 0 Å². The summed E-state index contributed by atoms with van der Waals surface area (Å²) in [5.41, 5.74) is 4.43. The predicted octanol–water partition coefficient (Wildman–Crippen LogP) is 4.75. The van der Waals surface area contributed by atoms with Gasteiger partial charge in [-0.15, -0.1) is 0 Å². The minimum absolute atomic E-state index is 0.0848. The number of halogens is 1. The number of nitrogens with one attached hydrogen (secondary N) is 1. The van der Waals surface area contributed by atoms with E-state index in [1.807, 2.05) is 38.1 Å². The molecule has 162 valence electrons. The summed E-state index contributed by atoms with van der Waals surface area (Å²) in [6.45, 7) is 4.00. The highest BCUT2D eigenvalue weighted by Gasteiger charge is 2.40. The van der Waals surface area contributed by atoms with Crippen molar-refractivity contribution in [2.75, 3.05) is 12.4 Å². The molecule has 0 fully saturated rings. The average molecular weight is 448 g/mol. The van der Waals surface area contributed by atoms with E-state index >= 15 is 0 Å². The van der Waals surface area contributed by atoms with Gasteiger partial charge in [-0.05, 0) is 55.3 Å². The zero-order valence-electron chi connectivity index (χ0n) is 18.0. The second-order valence-electron chi connectivity index (χ2n) is 7.56. The van der Waals surface area contributed by atoms with E-state index in [4.69, 9.17) is 16.3 Å². The van der Waals surface area contributed by atoms with Crippen LogP contribution in [0.2, 0.25) is 5.02 Å². The summed E-state index contributed by atoms with van der Waals surface area (Å²) in [6, 6.07) is 16.3. The quantitative estimate of drug-likeness (QED) is 0.552. The molecule has 0 spiro atoms. The minimum Gasteiger partial charge on any atom is -0.495 e. The fourth-order valence-electron chi connectivity index (χ4n) is 3.72. The molecular formula is C25H22ClN3O3. The third-order valence-corrected chi connectivity index (χ3v) is 5.58. The third-order valence-electron chi connectivity index (χ3n) is 5.29. The van der Waals surface area contributed by atoms with Gasteiger partial charge < -0.3 is 10.1 Å². The number of benzene rings is 2. The van der Waals surface area contributed by atoms with Crippen LogP contribution in [0.5, 0.6) is 5.75 Å². The average Bonchev–Trinajstić information content (AvgIpc) is 2.99. The Balaban J connectivity index is 1.78. The molecule has 1 N–H and O–H groups in total.